The molecule has 2 fully saturated rings. The van der Waals surface area contributed by atoms with Crippen molar-refractivity contribution in [2.75, 3.05) is 7.05 Å². The topological polar surface area (TPSA) is 29.1 Å². The van der Waals surface area contributed by atoms with Crippen LogP contribution in [-0.2, 0) is 4.79 Å². The highest BCUT2D eigenvalue weighted by Gasteiger charge is 2.31. The van der Waals surface area contributed by atoms with Crippen LogP contribution >= 0.6 is 0 Å². The average Bonchev–Trinajstić information content (AvgIpc) is 2.39. The molecule has 0 amide bonds. The van der Waals surface area contributed by atoms with Gasteiger partial charge in [-0.2, -0.15) is 0 Å². The van der Waals surface area contributed by atoms with Crippen LogP contribution in [0.1, 0.15) is 58.3 Å². The van der Waals surface area contributed by atoms with Gasteiger partial charge in [0.05, 0.1) is 0 Å². The molecule has 0 unspecified atom stereocenters. The monoisotopic (exact) mass is 237 g/mol. The Balaban J connectivity index is 1.76. The van der Waals surface area contributed by atoms with E-state index in [0.717, 1.165) is 30.7 Å². The Hall–Kier alpha value is -0.370. The van der Waals surface area contributed by atoms with Crippen molar-refractivity contribution in [2.24, 2.45) is 17.8 Å². The molecular weight excluding hydrogens is 210 g/mol. The van der Waals surface area contributed by atoms with Gasteiger partial charge in [0.2, 0.25) is 0 Å². The second-order valence-electron chi connectivity index (χ2n) is 6.12. The summed E-state index contributed by atoms with van der Waals surface area (Å²) in [5.74, 6) is 2.68. The van der Waals surface area contributed by atoms with E-state index in [2.05, 4.69) is 12.4 Å². The van der Waals surface area contributed by atoms with Crippen molar-refractivity contribution in [1.82, 2.24) is 5.32 Å². The molecule has 2 nitrogen and oxygen atoms in total. The summed E-state index contributed by atoms with van der Waals surface area (Å²) in [6, 6.07) is 0.764. The number of rotatable bonds is 3. The Morgan fingerprint density at radius 1 is 0.882 bits per heavy atom. The zero-order chi connectivity index (χ0) is 12.3. The number of carbonyl (C=O) groups excluding carboxylic acids is 1. The molecule has 2 saturated carbocycles. The minimum atomic E-state index is 0.389. The summed E-state index contributed by atoms with van der Waals surface area (Å²) in [6.07, 6.45) is 10.4. The predicted octanol–water partition coefficient (Wildman–Crippen LogP) is 3.16. The molecule has 2 aliphatic carbocycles. The molecule has 0 aliphatic heterocycles. The van der Waals surface area contributed by atoms with E-state index in [4.69, 9.17) is 0 Å². The van der Waals surface area contributed by atoms with E-state index in [1.165, 1.54) is 38.5 Å². The van der Waals surface area contributed by atoms with Crippen LogP contribution in [0.2, 0.25) is 0 Å². The lowest BCUT2D eigenvalue weighted by molar-refractivity contribution is -0.122. The van der Waals surface area contributed by atoms with Crippen LogP contribution in [0, 0.1) is 17.8 Å². The summed E-state index contributed by atoms with van der Waals surface area (Å²) in [5.41, 5.74) is 0. The fourth-order valence-corrected chi connectivity index (χ4v) is 3.88. The summed E-state index contributed by atoms with van der Waals surface area (Å²) in [7, 11) is 2.09. The van der Waals surface area contributed by atoms with Gasteiger partial charge < -0.3 is 5.32 Å². The van der Waals surface area contributed by atoms with Gasteiger partial charge in [-0.1, -0.05) is 0 Å². The van der Waals surface area contributed by atoms with E-state index < -0.39 is 0 Å². The smallest absolute Gasteiger partial charge is 0.132 e. The van der Waals surface area contributed by atoms with Gasteiger partial charge in [-0.3, -0.25) is 4.79 Å². The van der Waals surface area contributed by atoms with Gasteiger partial charge in [-0.05, 0) is 77.2 Å². The Labute approximate surface area is 106 Å². The van der Waals surface area contributed by atoms with Crippen molar-refractivity contribution in [3.05, 3.63) is 0 Å². The summed E-state index contributed by atoms with van der Waals surface area (Å²) in [4.78, 5) is 11.4. The lowest BCUT2D eigenvalue weighted by Crippen LogP contribution is -2.33. The van der Waals surface area contributed by atoms with Crippen LogP contribution in [0.15, 0.2) is 0 Å². The third kappa shape index (κ3) is 3.31. The Bertz CT molecular complexity index is 248. The number of hydrogen-bond acceptors (Lipinski definition) is 2. The molecule has 0 saturated heterocycles. The fourth-order valence-electron chi connectivity index (χ4n) is 3.88. The SMILES string of the molecule is CNC1CCC(C2CCC(C(C)=O)CC2)CC1. The van der Waals surface area contributed by atoms with Crippen LogP contribution in [-0.4, -0.2) is 18.9 Å². The molecule has 0 bridgehead atoms. The van der Waals surface area contributed by atoms with Gasteiger partial charge in [0.1, 0.15) is 5.78 Å². The predicted molar refractivity (Wildman–Crippen MR) is 70.9 cm³/mol. The molecule has 0 aromatic rings. The molecule has 0 aromatic heterocycles. The van der Waals surface area contributed by atoms with Crippen molar-refractivity contribution in [1.29, 1.82) is 0 Å². The first-order chi connectivity index (χ1) is 8.20. The van der Waals surface area contributed by atoms with Crippen molar-refractivity contribution in [3.63, 3.8) is 0 Å². The fraction of sp³-hybridized carbons (Fsp3) is 0.933. The maximum atomic E-state index is 11.4. The molecule has 0 heterocycles. The molecule has 0 atom stereocenters. The van der Waals surface area contributed by atoms with Crippen LogP contribution in [0.25, 0.3) is 0 Å². The molecule has 17 heavy (non-hydrogen) atoms. The number of nitrogens with one attached hydrogen (secondary N) is 1. The van der Waals surface area contributed by atoms with E-state index >= 15 is 0 Å². The van der Waals surface area contributed by atoms with Gasteiger partial charge in [0.25, 0.3) is 0 Å². The molecule has 2 heteroatoms. The first-order valence-corrected chi connectivity index (χ1v) is 7.38. The Morgan fingerprint density at radius 2 is 1.35 bits per heavy atom. The Morgan fingerprint density at radius 3 is 1.76 bits per heavy atom. The second kappa shape index (κ2) is 5.99. The van der Waals surface area contributed by atoms with Crippen LogP contribution < -0.4 is 5.32 Å². The first-order valence-electron chi connectivity index (χ1n) is 7.38. The number of ketones is 1. The Kier molecular flexibility index (Phi) is 4.61. The van der Waals surface area contributed by atoms with Crippen LogP contribution in [0.5, 0.6) is 0 Å². The molecule has 2 aliphatic rings. The van der Waals surface area contributed by atoms with Crippen molar-refractivity contribution >= 4 is 5.78 Å². The molecule has 0 radical (unpaired) electrons. The largest absolute Gasteiger partial charge is 0.317 e. The highest BCUT2D eigenvalue weighted by Crippen LogP contribution is 2.40. The summed E-state index contributed by atoms with van der Waals surface area (Å²) in [5, 5.41) is 3.40. The maximum Gasteiger partial charge on any atom is 0.132 e. The highest BCUT2D eigenvalue weighted by molar-refractivity contribution is 5.78. The van der Waals surface area contributed by atoms with E-state index in [9.17, 15) is 4.79 Å². The minimum Gasteiger partial charge on any atom is -0.317 e. The van der Waals surface area contributed by atoms with Crippen LogP contribution in [0.3, 0.4) is 0 Å². The van der Waals surface area contributed by atoms with Crippen molar-refractivity contribution in [3.8, 4) is 0 Å². The molecule has 1 N–H and O–H groups in total. The maximum absolute atomic E-state index is 11.4. The first kappa shape index (κ1) is 13.1. The zero-order valence-corrected chi connectivity index (χ0v) is 11.4. The third-order valence-electron chi connectivity index (χ3n) is 5.19. The standard InChI is InChI=1S/C15H27NO/c1-11(17)12-3-5-13(6-4-12)14-7-9-15(16-2)10-8-14/h12-16H,3-10H2,1-2H3. The van der Waals surface area contributed by atoms with Gasteiger partial charge in [-0.25, -0.2) is 0 Å². The average molecular weight is 237 g/mol. The molecule has 0 aromatic carbocycles. The molecule has 2 rings (SSSR count). The highest BCUT2D eigenvalue weighted by atomic mass is 16.1. The van der Waals surface area contributed by atoms with Crippen LogP contribution in [0.4, 0.5) is 0 Å². The van der Waals surface area contributed by atoms with E-state index in [1.807, 2.05) is 0 Å². The van der Waals surface area contributed by atoms with E-state index in [1.54, 1.807) is 6.92 Å². The molecule has 0 spiro atoms. The lowest BCUT2D eigenvalue weighted by Gasteiger charge is -2.37. The van der Waals surface area contributed by atoms with E-state index in [0.29, 0.717) is 11.7 Å². The minimum absolute atomic E-state index is 0.389. The van der Waals surface area contributed by atoms with Crippen molar-refractivity contribution in [2.45, 2.75) is 64.3 Å². The summed E-state index contributed by atoms with van der Waals surface area (Å²) in [6.45, 7) is 1.77. The van der Waals surface area contributed by atoms with Crippen molar-refractivity contribution < 1.29 is 4.79 Å². The van der Waals surface area contributed by atoms with Gasteiger partial charge >= 0.3 is 0 Å². The normalized spacial score (nSPS) is 38.9. The van der Waals surface area contributed by atoms with Gasteiger partial charge in [0.15, 0.2) is 0 Å². The van der Waals surface area contributed by atoms with E-state index in [-0.39, 0.29) is 0 Å². The lowest BCUT2D eigenvalue weighted by atomic mass is 9.70. The molecular formula is C15H27NO. The quantitative estimate of drug-likeness (QED) is 0.817. The summed E-state index contributed by atoms with van der Waals surface area (Å²) < 4.78 is 0. The summed E-state index contributed by atoms with van der Waals surface area (Å²) >= 11 is 0. The number of carbonyl (C=O) groups is 1. The number of Topliss-reactive ketones (excluding diaryl/α,β-unsaturated/α-hetero) is 1. The van der Waals surface area contributed by atoms with Gasteiger partial charge in [-0.15, -0.1) is 0 Å². The third-order valence-corrected chi connectivity index (χ3v) is 5.19. The number of hydrogen-bond donors (Lipinski definition) is 1. The zero-order valence-electron chi connectivity index (χ0n) is 11.4. The van der Waals surface area contributed by atoms with Gasteiger partial charge in [0, 0.05) is 12.0 Å². The second-order valence-corrected chi connectivity index (χ2v) is 6.12. The molecule has 98 valence electrons.